The predicted molar refractivity (Wildman–Crippen MR) is 73.6 cm³/mol. The lowest BCUT2D eigenvalue weighted by atomic mass is 10.2. The van der Waals surface area contributed by atoms with Gasteiger partial charge in [0, 0.05) is 6.54 Å². The summed E-state index contributed by atoms with van der Waals surface area (Å²) in [6.45, 7) is 1.25. The normalized spacial score (nSPS) is 10.3. The molecule has 1 N–H and O–H groups in total. The van der Waals surface area contributed by atoms with E-state index in [1.54, 1.807) is 19.2 Å². The lowest BCUT2D eigenvalue weighted by Crippen LogP contribution is -2.12. The molecule has 0 aliphatic carbocycles. The van der Waals surface area contributed by atoms with Crippen LogP contribution < -0.4 is 10.1 Å². The summed E-state index contributed by atoms with van der Waals surface area (Å²) in [5.74, 6) is 1.28. The number of carbonyl (C=O) groups is 1. The quantitative estimate of drug-likeness (QED) is 0.820. The van der Waals surface area contributed by atoms with Crippen LogP contribution in [0, 0.1) is 0 Å². The molecule has 0 fully saturated rings. The van der Waals surface area contributed by atoms with Crippen molar-refractivity contribution in [3.05, 3.63) is 53.5 Å². The number of esters is 1. The molecular formula is C15H17NO4. The molecule has 0 saturated carbocycles. The van der Waals surface area contributed by atoms with E-state index < -0.39 is 5.97 Å². The van der Waals surface area contributed by atoms with Crippen LogP contribution in [0.2, 0.25) is 0 Å². The van der Waals surface area contributed by atoms with Gasteiger partial charge in [-0.15, -0.1) is 0 Å². The average molecular weight is 275 g/mol. The number of methoxy groups -OCH3 is 2. The van der Waals surface area contributed by atoms with Crippen LogP contribution in [0.1, 0.15) is 21.9 Å². The van der Waals surface area contributed by atoms with Crippen LogP contribution in [0.25, 0.3) is 0 Å². The Morgan fingerprint density at radius 2 is 1.85 bits per heavy atom. The molecule has 1 aromatic carbocycles. The number of nitrogens with one attached hydrogen (secondary N) is 1. The minimum atomic E-state index is -0.466. The molecule has 0 atom stereocenters. The molecular weight excluding hydrogens is 258 g/mol. The van der Waals surface area contributed by atoms with Crippen molar-refractivity contribution in [2.24, 2.45) is 0 Å². The van der Waals surface area contributed by atoms with Gasteiger partial charge in [0.1, 0.15) is 11.5 Å². The first-order valence-electron chi connectivity index (χ1n) is 6.23. The summed E-state index contributed by atoms with van der Waals surface area (Å²) in [5.41, 5.74) is 1.14. The lowest BCUT2D eigenvalue weighted by molar-refractivity contribution is 0.0563. The van der Waals surface area contributed by atoms with Crippen molar-refractivity contribution < 1.29 is 18.7 Å². The maximum atomic E-state index is 11.2. The van der Waals surface area contributed by atoms with Gasteiger partial charge >= 0.3 is 5.97 Å². The summed E-state index contributed by atoms with van der Waals surface area (Å²) in [5, 5.41) is 3.24. The van der Waals surface area contributed by atoms with Crippen molar-refractivity contribution in [2.75, 3.05) is 14.2 Å². The highest BCUT2D eigenvalue weighted by molar-refractivity contribution is 5.86. The second-order valence-corrected chi connectivity index (χ2v) is 4.21. The fourth-order valence-electron chi connectivity index (χ4n) is 1.76. The maximum Gasteiger partial charge on any atom is 0.373 e. The summed E-state index contributed by atoms with van der Waals surface area (Å²) in [6.07, 6.45) is 0. The Labute approximate surface area is 117 Å². The third-order valence-corrected chi connectivity index (χ3v) is 2.84. The molecule has 0 bridgehead atoms. The monoisotopic (exact) mass is 275 g/mol. The molecule has 5 nitrogen and oxygen atoms in total. The summed E-state index contributed by atoms with van der Waals surface area (Å²) in [4.78, 5) is 11.2. The topological polar surface area (TPSA) is 60.7 Å². The zero-order valence-electron chi connectivity index (χ0n) is 11.5. The second-order valence-electron chi connectivity index (χ2n) is 4.21. The van der Waals surface area contributed by atoms with E-state index in [0.717, 1.165) is 11.3 Å². The molecule has 0 aliphatic heterocycles. The van der Waals surface area contributed by atoms with Gasteiger partial charge < -0.3 is 19.2 Å². The van der Waals surface area contributed by atoms with Crippen LogP contribution in [0.15, 0.2) is 40.8 Å². The van der Waals surface area contributed by atoms with E-state index in [0.29, 0.717) is 18.8 Å². The Morgan fingerprint density at radius 3 is 2.50 bits per heavy atom. The molecule has 0 spiro atoms. The highest BCUT2D eigenvalue weighted by Gasteiger charge is 2.10. The predicted octanol–water partition coefficient (Wildman–Crippen LogP) is 2.36. The fraction of sp³-hybridized carbons (Fsp3) is 0.267. The van der Waals surface area contributed by atoms with Crippen molar-refractivity contribution in [2.45, 2.75) is 13.1 Å². The number of rotatable bonds is 6. The molecule has 106 valence electrons. The molecule has 0 aliphatic rings. The number of furan rings is 1. The first-order valence-corrected chi connectivity index (χ1v) is 6.23. The third-order valence-electron chi connectivity index (χ3n) is 2.84. The van der Waals surface area contributed by atoms with Crippen LogP contribution in [-0.4, -0.2) is 20.2 Å². The number of hydrogen-bond acceptors (Lipinski definition) is 5. The van der Waals surface area contributed by atoms with Crippen molar-refractivity contribution in [1.29, 1.82) is 0 Å². The molecule has 2 aromatic rings. The molecule has 2 rings (SSSR count). The first kappa shape index (κ1) is 14.1. The summed E-state index contributed by atoms with van der Waals surface area (Å²) < 4.78 is 15.0. The van der Waals surface area contributed by atoms with Gasteiger partial charge in [0.05, 0.1) is 20.8 Å². The van der Waals surface area contributed by atoms with Gasteiger partial charge in [-0.2, -0.15) is 0 Å². The van der Waals surface area contributed by atoms with E-state index in [2.05, 4.69) is 10.1 Å². The van der Waals surface area contributed by atoms with Crippen molar-refractivity contribution in [3.63, 3.8) is 0 Å². The number of benzene rings is 1. The van der Waals surface area contributed by atoms with E-state index in [9.17, 15) is 4.79 Å². The van der Waals surface area contributed by atoms with Gasteiger partial charge in [-0.25, -0.2) is 4.79 Å². The number of hydrogen-bond donors (Lipinski definition) is 1. The van der Waals surface area contributed by atoms with Gasteiger partial charge in [-0.3, -0.25) is 0 Å². The minimum absolute atomic E-state index is 0.216. The zero-order valence-corrected chi connectivity index (χ0v) is 11.5. The molecule has 0 saturated heterocycles. The lowest BCUT2D eigenvalue weighted by Gasteiger charge is -2.04. The van der Waals surface area contributed by atoms with Gasteiger partial charge in [0.2, 0.25) is 5.76 Å². The Morgan fingerprint density at radius 1 is 1.10 bits per heavy atom. The van der Waals surface area contributed by atoms with Crippen LogP contribution >= 0.6 is 0 Å². The Bertz CT molecular complexity index is 560. The van der Waals surface area contributed by atoms with Crippen LogP contribution in [0.5, 0.6) is 5.75 Å². The minimum Gasteiger partial charge on any atom is -0.497 e. The summed E-state index contributed by atoms with van der Waals surface area (Å²) in [6, 6.07) is 11.2. The number of carbonyl (C=O) groups excluding carboxylic acids is 1. The van der Waals surface area contributed by atoms with E-state index in [1.165, 1.54) is 7.11 Å². The number of ether oxygens (including phenoxy) is 2. The van der Waals surface area contributed by atoms with E-state index >= 15 is 0 Å². The van der Waals surface area contributed by atoms with Gasteiger partial charge in [-0.1, -0.05) is 12.1 Å². The fourth-order valence-corrected chi connectivity index (χ4v) is 1.76. The summed E-state index contributed by atoms with van der Waals surface area (Å²) in [7, 11) is 2.97. The molecule has 1 heterocycles. The zero-order chi connectivity index (χ0) is 14.4. The van der Waals surface area contributed by atoms with E-state index in [1.807, 2.05) is 24.3 Å². The van der Waals surface area contributed by atoms with E-state index in [4.69, 9.17) is 9.15 Å². The molecule has 0 radical (unpaired) electrons. The smallest absolute Gasteiger partial charge is 0.373 e. The highest BCUT2D eigenvalue weighted by atomic mass is 16.5. The van der Waals surface area contributed by atoms with Crippen molar-refractivity contribution in [1.82, 2.24) is 5.32 Å². The van der Waals surface area contributed by atoms with Crippen molar-refractivity contribution in [3.8, 4) is 5.75 Å². The van der Waals surface area contributed by atoms with Crippen LogP contribution in [0.4, 0.5) is 0 Å². The third kappa shape index (κ3) is 3.61. The van der Waals surface area contributed by atoms with Crippen molar-refractivity contribution >= 4 is 5.97 Å². The summed E-state index contributed by atoms with van der Waals surface area (Å²) >= 11 is 0. The molecule has 0 unspecified atom stereocenters. The first-order chi connectivity index (χ1) is 9.72. The Kier molecular flexibility index (Phi) is 4.79. The van der Waals surface area contributed by atoms with Gasteiger partial charge in [0.15, 0.2) is 0 Å². The van der Waals surface area contributed by atoms with Crippen LogP contribution in [0.3, 0.4) is 0 Å². The molecule has 20 heavy (non-hydrogen) atoms. The Hall–Kier alpha value is -2.27. The average Bonchev–Trinajstić information content (AvgIpc) is 2.96. The SMILES string of the molecule is COC(=O)c1ccc(CNCc2ccc(OC)cc2)o1. The largest absolute Gasteiger partial charge is 0.497 e. The Balaban J connectivity index is 1.83. The van der Waals surface area contributed by atoms with Crippen LogP contribution in [-0.2, 0) is 17.8 Å². The van der Waals surface area contributed by atoms with E-state index in [-0.39, 0.29) is 5.76 Å². The van der Waals surface area contributed by atoms with Gasteiger partial charge in [0.25, 0.3) is 0 Å². The molecule has 5 heteroatoms. The molecule has 0 amide bonds. The second kappa shape index (κ2) is 6.77. The highest BCUT2D eigenvalue weighted by Crippen LogP contribution is 2.12. The maximum absolute atomic E-state index is 11.2. The standard InChI is InChI=1S/C15H17NO4/c1-18-12-5-3-11(4-6-12)9-16-10-13-7-8-14(20-13)15(17)19-2/h3-8,16H,9-10H2,1-2H3. The van der Waals surface area contributed by atoms with Gasteiger partial charge in [-0.05, 0) is 29.8 Å². The molecule has 1 aromatic heterocycles.